The third kappa shape index (κ3) is 8.44. The number of aromatic nitrogens is 2. The van der Waals surface area contributed by atoms with Crippen LogP contribution in [0.15, 0.2) is 42.6 Å². The topological polar surface area (TPSA) is 139 Å². The van der Waals surface area contributed by atoms with Crippen molar-refractivity contribution in [3.05, 3.63) is 59.7 Å². The number of ether oxygens (including phenoxy) is 1. The first-order valence-corrected chi connectivity index (χ1v) is 12.2. The van der Waals surface area contributed by atoms with Crippen LogP contribution in [0.5, 0.6) is 0 Å². The Bertz CT molecular complexity index is 1060. The summed E-state index contributed by atoms with van der Waals surface area (Å²) in [6.07, 6.45) is 3.31. The molecule has 0 saturated carbocycles. The monoisotopic (exact) mass is 495 g/mol. The number of alkyl carbamates (subject to hydrolysis) is 1. The smallest absolute Gasteiger partial charge is 0.408 e. The van der Waals surface area contributed by atoms with Gasteiger partial charge in [-0.2, -0.15) is 0 Å². The molecule has 2 aromatic rings. The Morgan fingerprint density at radius 2 is 1.92 bits per heavy atom. The molecule has 2 heterocycles. The molecule has 1 aromatic heterocycles. The molecule has 3 rings (SSSR count). The average molecular weight is 496 g/mol. The maximum atomic E-state index is 13.2. The van der Waals surface area contributed by atoms with Crippen molar-refractivity contribution in [1.29, 1.82) is 0 Å². The van der Waals surface area contributed by atoms with Gasteiger partial charge in [0, 0.05) is 31.3 Å². The fraction of sp³-hybridized carbons (Fsp3) is 0.462. The van der Waals surface area contributed by atoms with E-state index in [4.69, 9.17) is 4.74 Å². The highest BCUT2D eigenvalue weighted by Crippen LogP contribution is 2.10. The summed E-state index contributed by atoms with van der Waals surface area (Å²) in [5, 5.41) is 7.88. The van der Waals surface area contributed by atoms with Gasteiger partial charge in [-0.3, -0.25) is 14.4 Å². The quantitative estimate of drug-likeness (QED) is 0.498. The normalized spacial score (nSPS) is 17.2. The molecule has 0 spiro atoms. The average Bonchev–Trinajstić information content (AvgIpc) is 2.86. The second-order valence-electron chi connectivity index (χ2n) is 9.19. The van der Waals surface area contributed by atoms with Gasteiger partial charge in [0.25, 0.3) is 5.91 Å². The van der Waals surface area contributed by atoms with Crippen molar-refractivity contribution in [2.24, 2.45) is 5.92 Å². The molecule has 1 aromatic carbocycles. The van der Waals surface area contributed by atoms with Crippen molar-refractivity contribution in [2.75, 3.05) is 6.54 Å². The van der Waals surface area contributed by atoms with Crippen LogP contribution in [0.1, 0.15) is 50.2 Å². The predicted molar refractivity (Wildman–Crippen MR) is 132 cm³/mol. The van der Waals surface area contributed by atoms with Crippen LogP contribution >= 0.6 is 0 Å². The van der Waals surface area contributed by atoms with Crippen molar-refractivity contribution >= 4 is 23.7 Å². The summed E-state index contributed by atoms with van der Waals surface area (Å²) in [6.45, 7) is 4.22. The van der Waals surface area contributed by atoms with Crippen molar-refractivity contribution in [3.8, 4) is 0 Å². The van der Waals surface area contributed by atoms with E-state index in [0.717, 1.165) is 12.0 Å². The van der Waals surface area contributed by atoms with Gasteiger partial charge in [-0.15, -0.1) is 0 Å². The van der Waals surface area contributed by atoms with Crippen molar-refractivity contribution in [1.82, 2.24) is 25.9 Å². The molecule has 10 nitrogen and oxygen atoms in total. The minimum Gasteiger partial charge on any atom is -0.445 e. The van der Waals surface area contributed by atoms with E-state index in [0.29, 0.717) is 37.3 Å². The van der Waals surface area contributed by atoms with Crippen LogP contribution in [0.3, 0.4) is 0 Å². The lowest BCUT2D eigenvalue weighted by Gasteiger charge is -2.24. The molecule has 3 N–H and O–H groups in total. The Kier molecular flexibility index (Phi) is 9.91. The molecule has 0 saturated heterocycles. The number of carbonyl (C=O) groups excluding carboxylic acids is 4. The molecule has 1 aliphatic heterocycles. The zero-order chi connectivity index (χ0) is 25.9. The Morgan fingerprint density at radius 1 is 1.14 bits per heavy atom. The largest absolute Gasteiger partial charge is 0.445 e. The number of nitrogens with zero attached hydrogens (tertiary/aromatic N) is 2. The lowest BCUT2D eigenvalue weighted by molar-refractivity contribution is -0.140. The Labute approximate surface area is 210 Å². The Balaban J connectivity index is 1.72. The van der Waals surface area contributed by atoms with Crippen LogP contribution in [0.25, 0.3) is 0 Å². The summed E-state index contributed by atoms with van der Waals surface area (Å²) in [6, 6.07) is 8.74. The van der Waals surface area contributed by atoms with Gasteiger partial charge < -0.3 is 20.7 Å². The summed E-state index contributed by atoms with van der Waals surface area (Å²) in [5.74, 6) is -1.38. The molecule has 2 unspecified atom stereocenters. The summed E-state index contributed by atoms with van der Waals surface area (Å²) >= 11 is 0. The van der Waals surface area contributed by atoms with Gasteiger partial charge in [-0.25, -0.2) is 14.8 Å². The van der Waals surface area contributed by atoms with Gasteiger partial charge in [-0.05, 0) is 36.8 Å². The lowest BCUT2D eigenvalue weighted by atomic mass is 10.0. The predicted octanol–water partition coefficient (Wildman–Crippen LogP) is 1.87. The number of carbonyl (C=O) groups is 4. The third-order valence-corrected chi connectivity index (χ3v) is 5.67. The Morgan fingerprint density at radius 3 is 2.67 bits per heavy atom. The van der Waals surface area contributed by atoms with E-state index in [1.54, 1.807) is 12.3 Å². The molecule has 0 radical (unpaired) electrons. The lowest BCUT2D eigenvalue weighted by Crippen LogP contribution is -2.55. The Hall–Kier alpha value is -3.82. The SMILES string of the molecule is CC(C)CC(NC(=O)OCc1ccccc1)C(=O)NC1Cc2ccnc(n2)CCCCNC(=O)C1=O. The molecule has 0 aliphatic carbocycles. The summed E-state index contributed by atoms with van der Waals surface area (Å²) in [4.78, 5) is 59.8. The fourth-order valence-electron chi connectivity index (χ4n) is 3.83. The molecule has 2 bridgehead atoms. The minimum atomic E-state index is -1.14. The highest BCUT2D eigenvalue weighted by atomic mass is 16.5. The number of Topliss-reactive ketones (excluding diaryl/α,β-unsaturated/α-hetero) is 1. The number of rotatable bonds is 7. The minimum absolute atomic E-state index is 0.0281. The number of benzene rings is 1. The van der Waals surface area contributed by atoms with Crippen LogP contribution < -0.4 is 16.0 Å². The molecule has 3 amide bonds. The number of nitrogens with one attached hydrogen (secondary N) is 3. The highest BCUT2D eigenvalue weighted by molar-refractivity contribution is 6.38. The van der Waals surface area contributed by atoms with E-state index >= 15 is 0 Å². The number of hydrogen-bond acceptors (Lipinski definition) is 7. The third-order valence-electron chi connectivity index (χ3n) is 5.67. The fourth-order valence-corrected chi connectivity index (χ4v) is 3.83. The van der Waals surface area contributed by atoms with Crippen molar-refractivity contribution in [2.45, 2.75) is 64.6 Å². The van der Waals surface area contributed by atoms with Crippen LogP contribution in [0.2, 0.25) is 0 Å². The number of ketones is 1. The van der Waals surface area contributed by atoms with E-state index in [9.17, 15) is 19.2 Å². The molecule has 2 atom stereocenters. The first-order valence-electron chi connectivity index (χ1n) is 12.2. The van der Waals surface area contributed by atoms with Gasteiger partial charge in [0.1, 0.15) is 24.5 Å². The summed E-state index contributed by atoms with van der Waals surface area (Å²) < 4.78 is 5.26. The zero-order valence-corrected chi connectivity index (χ0v) is 20.7. The number of hydrogen-bond donors (Lipinski definition) is 3. The standard InChI is InChI=1S/C26H33N5O5/c1-17(2)14-21(31-26(35)36-16-18-8-4-3-5-9-18)24(33)30-20-15-19-11-13-27-22(29-19)10-6-7-12-28-25(34)23(20)32/h3-5,8-9,11,13,17,20-21H,6-7,10,12,14-16H2,1-2H3,(H,28,34)(H,30,33)(H,31,35). The molecular formula is C26H33N5O5. The highest BCUT2D eigenvalue weighted by Gasteiger charge is 2.31. The summed E-state index contributed by atoms with van der Waals surface area (Å²) in [7, 11) is 0. The van der Waals surface area contributed by atoms with Crippen LogP contribution in [0, 0.1) is 5.92 Å². The van der Waals surface area contributed by atoms with E-state index < -0.39 is 35.8 Å². The van der Waals surface area contributed by atoms with Crippen molar-refractivity contribution < 1.29 is 23.9 Å². The molecule has 0 fully saturated rings. The van der Waals surface area contributed by atoms with Crippen LogP contribution in [-0.2, 0) is 38.6 Å². The van der Waals surface area contributed by atoms with Crippen LogP contribution in [0.4, 0.5) is 4.79 Å². The molecule has 1 aliphatic rings. The molecule has 192 valence electrons. The first kappa shape index (κ1) is 26.8. The second-order valence-corrected chi connectivity index (χ2v) is 9.19. The number of fused-ring (bicyclic) bond motifs is 2. The van der Waals surface area contributed by atoms with E-state index in [1.807, 2.05) is 44.2 Å². The van der Waals surface area contributed by atoms with Crippen molar-refractivity contribution in [3.63, 3.8) is 0 Å². The summed E-state index contributed by atoms with van der Waals surface area (Å²) in [5.41, 5.74) is 1.36. The van der Waals surface area contributed by atoms with Gasteiger partial charge in [0.15, 0.2) is 0 Å². The van der Waals surface area contributed by atoms with Crippen LogP contribution in [-0.4, -0.2) is 52.3 Å². The second kappa shape index (κ2) is 13.3. The zero-order valence-electron chi connectivity index (χ0n) is 20.7. The van der Waals surface area contributed by atoms with E-state index in [1.165, 1.54) is 0 Å². The van der Waals surface area contributed by atoms with Gasteiger partial charge in [0.2, 0.25) is 11.7 Å². The maximum Gasteiger partial charge on any atom is 0.408 e. The number of amides is 3. The van der Waals surface area contributed by atoms with E-state index in [2.05, 4.69) is 25.9 Å². The first-order chi connectivity index (χ1) is 17.3. The molecule has 10 heteroatoms. The molecule has 36 heavy (non-hydrogen) atoms. The van der Waals surface area contributed by atoms with Gasteiger partial charge in [0.05, 0.1) is 0 Å². The van der Waals surface area contributed by atoms with E-state index in [-0.39, 0.29) is 18.9 Å². The van der Waals surface area contributed by atoms with Gasteiger partial charge in [-0.1, -0.05) is 44.2 Å². The molecular weight excluding hydrogens is 462 g/mol. The maximum absolute atomic E-state index is 13.2. The van der Waals surface area contributed by atoms with Gasteiger partial charge >= 0.3 is 6.09 Å². The number of aryl methyl sites for hydroxylation is 1.